The summed E-state index contributed by atoms with van der Waals surface area (Å²) in [5.74, 6) is 0.343. The van der Waals surface area contributed by atoms with Gasteiger partial charge >= 0.3 is 0 Å². The minimum absolute atomic E-state index is 0.150. The molecule has 1 fully saturated rings. The lowest BCUT2D eigenvalue weighted by molar-refractivity contribution is 0.250. The van der Waals surface area contributed by atoms with Crippen molar-refractivity contribution in [3.8, 4) is 0 Å². The molecule has 1 unspecified atom stereocenters. The Hall–Kier alpha value is -0.170. The minimum Gasteiger partial charge on any atom is -0.306 e. The Morgan fingerprint density at radius 1 is 1.62 bits per heavy atom. The second kappa shape index (κ2) is 4.60. The van der Waals surface area contributed by atoms with Crippen LogP contribution in [0.3, 0.4) is 0 Å². The molecule has 1 aromatic rings. The van der Waals surface area contributed by atoms with E-state index in [2.05, 4.69) is 16.9 Å². The quantitative estimate of drug-likeness (QED) is 0.776. The summed E-state index contributed by atoms with van der Waals surface area (Å²) in [5, 5.41) is 0.880. The molecule has 16 heavy (non-hydrogen) atoms. The highest BCUT2D eigenvalue weighted by molar-refractivity contribution is 8.15. The summed E-state index contributed by atoms with van der Waals surface area (Å²) in [6.07, 6.45) is 3.56. The Morgan fingerprint density at radius 2 is 2.38 bits per heavy atom. The molecule has 2 heterocycles. The topological polar surface area (TPSA) is 50.3 Å². The van der Waals surface area contributed by atoms with Gasteiger partial charge in [-0.05, 0) is 26.4 Å². The molecule has 1 aliphatic heterocycles. The largest absolute Gasteiger partial charge is 0.306 e. The fraction of sp³-hybridized carbons (Fsp3) is 0.667. The lowest BCUT2D eigenvalue weighted by Gasteiger charge is -2.28. The van der Waals surface area contributed by atoms with Gasteiger partial charge in [0.05, 0.1) is 11.2 Å². The SMILES string of the molecule is CN1CCCC(c2ncc(S(=O)(=O)Cl)s2)C1. The summed E-state index contributed by atoms with van der Waals surface area (Å²) in [6, 6.07) is 0. The molecule has 0 bridgehead atoms. The number of piperidine rings is 1. The van der Waals surface area contributed by atoms with Crippen LogP contribution in [0.4, 0.5) is 0 Å². The van der Waals surface area contributed by atoms with E-state index in [0.717, 1.165) is 30.9 Å². The van der Waals surface area contributed by atoms with Gasteiger partial charge in [-0.25, -0.2) is 13.4 Å². The Labute approximate surface area is 104 Å². The Bertz CT molecular complexity index is 472. The molecule has 0 N–H and O–H groups in total. The van der Waals surface area contributed by atoms with Gasteiger partial charge in [-0.2, -0.15) is 0 Å². The molecule has 0 saturated carbocycles. The molecule has 0 aliphatic carbocycles. The normalized spacial score (nSPS) is 23.5. The first kappa shape index (κ1) is 12.3. The number of hydrogen-bond acceptors (Lipinski definition) is 5. The lowest BCUT2D eigenvalue weighted by Crippen LogP contribution is -2.30. The summed E-state index contributed by atoms with van der Waals surface area (Å²) in [7, 11) is 3.72. The van der Waals surface area contributed by atoms with Crippen LogP contribution in [0, 0.1) is 0 Å². The molecule has 7 heteroatoms. The molecular weight excluding hydrogens is 268 g/mol. The summed E-state index contributed by atoms with van der Waals surface area (Å²) in [4.78, 5) is 6.41. The fourth-order valence-electron chi connectivity index (χ4n) is 1.94. The van der Waals surface area contributed by atoms with Crippen LogP contribution in [0.1, 0.15) is 23.8 Å². The zero-order valence-electron chi connectivity index (χ0n) is 8.89. The third kappa shape index (κ3) is 2.74. The van der Waals surface area contributed by atoms with Gasteiger partial charge in [0.25, 0.3) is 9.05 Å². The number of halogens is 1. The number of likely N-dealkylation sites (tertiary alicyclic amines) is 1. The van der Waals surface area contributed by atoms with Crippen molar-refractivity contribution in [1.29, 1.82) is 0 Å². The van der Waals surface area contributed by atoms with Crippen molar-refractivity contribution >= 4 is 31.1 Å². The van der Waals surface area contributed by atoms with E-state index in [-0.39, 0.29) is 4.21 Å². The third-order valence-electron chi connectivity index (χ3n) is 2.72. The number of hydrogen-bond donors (Lipinski definition) is 0. The molecule has 0 radical (unpaired) electrons. The van der Waals surface area contributed by atoms with Gasteiger partial charge in [-0.15, -0.1) is 11.3 Å². The highest BCUT2D eigenvalue weighted by Crippen LogP contribution is 2.32. The molecule has 1 aliphatic rings. The van der Waals surface area contributed by atoms with Crippen LogP contribution < -0.4 is 0 Å². The van der Waals surface area contributed by atoms with Crippen molar-refractivity contribution in [2.75, 3.05) is 20.1 Å². The number of rotatable bonds is 2. The minimum atomic E-state index is -3.62. The first-order valence-electron chi connectivity index (χ1n) is 5.06. The number of thiazole rings is 1. The number of aromatic nitrogens is 1. The fourth-order valence-corrected chi connectivity index (χ4v) is 3.95. The van der Waals surface area contributed by atoms with E-state index in [4.69, 9.17) is 10.7 Å². The zero-order chi connectivity index (χ0) is 11.8. The summed E-state index contributed by atoms with van der Waals surface area (Å²) < 4.78 is 22.4. The van der Waals surface area contributed by atoms with Gasteiger partial charge in [-0.3, -0.25) is 0 Å². The first-order chi connectivity index (χ1) is 7.47. The number of likely N-dealkylation sites (N-methyl/N-ethyl adjacent to an activating group) is 1. The molecule has 1 saturated heterocycles. The van der Waals surface area contributed by atoms with Crippen LogP contribution in [0.2, 0.25) is 0 Å². The van der Waals surface area contributed by atoms with Crippen molar-refractivity contribution in [2.24, 2.45) is 0 Å². The predicted octanol–water partition coefficient (Wildman–Crippen LogP) is 1.88. The second-order valence-electron chi connectivity index (χ2n) is 4.06. The molecule has 0 aromatic carbocycles. The second-order valence-corrected chi connectivity index (χ2v) is 7.91. The molecule has 4 nitrogen and oxygen atoms in total. The van der Waals surface area contributed by atoms with Crippen molar-refractivity contribution in [3.63, 3.8) is 0 Å². The van der Waals surface area contributed by atoms with E-state index in [1.165, 1.54) is 17.5 Å². The maximum atomic E-state index is 11.1. The zero-order valence-corrected chi connectivity index (χ0v) is 11.3. The van der Waals surface area contributed by atoms with Crippen molar-refractivity contribution < 1.29 is 8.42 Å². The van der Waals surface area contributed by atoms with Crippen molar-refractivity contribution in [2.45, 2.75) is 23.0 Å². The van der Waals surface area contributed by atoms with Gasteiger partial charge < -0.3 is 4.90 Å². The van der Waals surface area contributed by atoms with E-state index >= 15 is 0 Å². The van der Waals surface area contributed by atoms with Gasteiger partial charge in [0.1, 0.15) is 0 Å². The summed E-state index contributed by atoms with van der Waals surface area (Å²) >= 11 is 1.19. The Kier molecular flexibility index (Phi) is 3.53. The van der Waals surface area contributed by atoms with Gasteiger partial charge in [-0.1, -0.05) is 0 Å². The monoisotopic (exact) mass is 280 g/mol. The van der Waals surface area contributed by atoms with Gasteiger partial charge in [0.2, 0.25) is 0 Å². The molecule has 1 aromatic heterocycles. The average molecular weight is 281 g/mol. The summed E-state index contributed by atoms with van der Waals surface area (Å²) in [6.45, 7) is 2.04. The van der Waals surface area contributed by atoms with E-state index < -0.39 is 9.05 Å². The van der Waals surface area contributed by atoms with E-state index in [9.17, 15) is 8.42 Å². The maximum Gasteiger partial charge on any atom is 0.272 e. The molecule has 2 rings (SSSR count). The maximum absolute atomic E-state index is 11.1. The number of nitrogens with zero attached hydrogens (tertiary/aromatic N) is 2. The van der Waals surface area contributed by atoms with Gasteiger partial charge in [0.15, 0.2) is 4.21 Å². The van der Waals surface area contributed by atoms with Crippen LogP contribution in [0.5, 0.6) is 0 Å². The van der Waals surface area contributed by atoms with Gasteiger partial charge in [0, 0.05) is 23.1 Å². The Morgan fingerprint density at radius 3 is 2.94 bits per heavy atom. The molecule has 0 amide bonds. The molecule has 1 atom stereocenters. The van der Waals surface area contributed by atoms with Crippen LogP contribution in [-0.2, 0) is 9.05 Å². The van der Waals surface area contributed by atoms with E-state index in [1.54, 1.807) is 0 Å². The van der Waals surface area contributed by atoms with Crippen molar-refractivity contribution in [3.05, 3.63) is 11.2 Å². The van der Waals surface area contributed by atoms with Crippen LogP contribution >= 0.6 is 22.0 Å². The van der Waals surface area contributed by atoms with Crippen molar-refractivity contribution in [1.82, 2.24) is 9.88 Å². The third-order valence-corrected chi connectivity index (χ3v) is 5.94. The first-order valence-corrected chi connectivity index (χ1v) is 8.18. The summed E-state index contributed by atoms with van der Waals surface area (Å²) in [5.41, 5.74) is 0. The highest BCUT2D eigenvalue weighted by Gasteiger charge is 2.23. The van der Waals surface area contributed by atoms with Crippen LogP contribution in [0.25, 0.3) is 0 Å². The molecular formula is C9H13ClN2O2S2. The van der Waals surface area contributed by atoms with E-state index in [0.29, 0.717) is 5.92 Å². The van der Waals surface area contributed by atoms with E-state index in [1.807, 2.05) is 0 Å². The average Bonchev–Trinajstić information content (AvgIpc) is 2.65. The van der Waals surface area contributed by atoms with Crippen LogP contribution in [-0.4, -0.2) is 38.4 Å². The lowest BCUT2D eigenvalue weighted by atomic mass is 9.99. The smallest absolute Gasteiger partial charge is 0.272 e. The standard InChI is InChI=1S/C9H13ClN2O2S2/c1-12-4-2-3-7(6-12)9-11-5-8(15-9)16(10,13)14/h5,7H,2-4,6H2,1H3. The molecule has 90 valence electrons. The molecule has 0 spiro atoms. The van der Waals surface area contributed by atoms with Crippen LogP contribution in [0.15, 0.2) is 10.4 Å². The highest BCUT2D eigenvalue weighted by atomic mass is 35.7. The Balaban J connectivity index is 2.18. The predicted molar refractivity (Wildman–Crippen MR) is 64.6 cm³/mol.